The van der Waals surface area contributed by atoms with Gasteiger partial charge in [0.15, 0.2) is 0 Å². The summed E-state index contributed by atoms with van der Waals surface area (Å²) in [4.78, 5) is 3.60. The van der Waals surface area contributed by atoms with Gasteiger partial charge in [0.2, 0.25) is 0 Å². The maximum atomic E-state index is 13.3. The Morgan fingerprint density at radius 3 is 2.86 bits per heavy atom. The zero-order chi connectivity index (χ0) is 10.1. The van der Waals surface area contributed by atoms with E-state index in [0.717, 1.165) is 6.20 Å². The van der Waals surface area contributed by atoms with Crippen molar-refractivity contribution in [3.63, 3.8) is 0 Å². The molecule has 0 amide bonds. The minimum Gasteiger partial charge on any atom is -0.768 e. The highest BCUT2D eigenvalue weighted by molar-refractivity contribution is 7.79. The van der Waals surface area contributed by atoms with Crippen LogP contribution in [0.3, 0.4) is 0 Å². The molecule has 1 aromatic heterocycles. The van der Waals surface area contributed by atoms with E-state index in [0.29, 0.717) is 5.39 Å². The first-order valence-corrected chi connectivity index (χ1v) is 4.89. The highest BCUT2D eigenvalue weighted by Crippen LogP contribution is 2.22. The van der Waals surface area contributed by atoms with Gasteiger partial charge in [-0.2, -0.15) is 0 Å². The summed E-state index contributed by atoms with van der Waals surface area (Å²) in [5, 5.41) is 0.572. The molecule has 1 atom stereocenters. The van der Waals surface area contributed by atoms with E-state index >= 15 is 0 Å². The van der Waals surface area contributed by atoms with Gasteiger partial charge in [0.1, 0.15) is 5.82 Å². The molecule has 0 radical (unpaired) electrons. The van der Waals surface area contributed by atoms with E-state index in [1.165, 1.54) is 12.3 Å². The van der Waals surface area contributed by atoms with Crippen molar-refractivity contribution in [2.24, 2.45) is 0 Å². The molecule has 0 fully saturated rings. The molecule has 1 aromatic carbocycles. The van der Waals surface area contributed by atoms with Crippen LogP contribution in [0.4, 0.5) is 4.39 Å². The Labute approximate surface area is 81.9 Å². The maximum absolute atomic E-state index is 13.3. The number of benzene rings is 1. The average Bonchev–Trinajstić information content (AvgIpc) is 2.17. The summed E-state index contributed by atoms with van der Waals surface area (Å²) in [6.45, 7) is 0. The Bertz CT molecular complexity index is 510. The van der Waals surface area contributed by atoms with Crippen molar-refractivity contribution >= 4 is 21.9 Å². The second-order valence-electron chi connectivity index (χ2n) is 2.71. The molecular formula is C9H5FNO2S-. The zero-order valence-corrected chi connectivity index (χ0v) is 7.75. The Morgan fingerprint density at radius 1 is 1.36 bits per heavy atom. The van der Waals surface area contributed by atoms with Crippen molar-refractivity contribution < 1.29 is 13.2 Å². The van der Waals surface area contributed by atoms with Crippen LogP contribution < -0.4 is 0 Å². The van der Waals surface area contributed by atoms with Crippen molar-refractivity contribution in [2.45, 2.75) is 4.90 Å². The lowest BCUT2D eigenvalue weighted by Gasteiger charge is -2.08. The van der Waals surface area contributed by atoms with Crippen LogP contribution in [0.2, 0.25) is 0 Å². The van der Waals surface area contributed by atoms with E-state index in [1.54, 1.807) is 12.1 Å². The first kappa shape index (κ1) is 9.23. The van der Waals surface area contributed by atoms with Crippen LogP contribution in [-0.2, 0) is 11.1 Å². The monoisotopic (exact) mass is 210 g/mol. The lowest BCUT2D eigenvalue weighted by atomic mass is 10.2. The van der Waals surface area contributed by atoms with E-state index in [2.05, 4.69) is 4.98 Å². The van der Waals surface area contributed by atoms with Gasteiger partial charge in [-0.25, -0.2) is 4.39 Å². The number of aromatic nitrogens is 1. The number of nitrogens with zero attached hydrogens (tertiary/aromatic N) is 1. The van der Waals surface area contributed by atoms with Gasteiger partial charge in [-0.3, -0.25) is 9.19 Å². The van der Waals surface area contributed by atoms with Crippen molar-refractivity contribution in [2.75, 3.05) is 0 Å². The van der Waals surface area contributed by atoms with Gasteiger partial charge in [-0.05, 0) is 17.1 Å². The second kappa shape index (κ2) is 3.43. The number of hydrogen-bond acceptors (Lipinski definition) is 3. The van der Waals surface area contributed by atoms with E-state index in [4.69, 9.17) is 0 Å². The zero-order valence-electron chi connectivity index (χ0n) is 6.94. The summed E-state index contributed by atoms with van der Waals surface area (Å²) >= 11 is -2.43. The van der Waals surface area contributed by atoms with Gasteiger partial charge in [-0.15, -0.1) is 0 Å². The fourth-order valence-electron chi connectivity index (χ4n) is 1.30. The first-order valence-electron chi connectivity index (χ1n) is 3.81. The molecule has 0 N–H and O–H groups in total. The molecule has 0 aliphatic rings. The van der Waals surface area contributed by atoms with Crippen molar-refractivity contribution in [3.8, 4) is 0 Å². The van der Waals surface area contributed by atoms with Gasteiger partial charge in [0.05, 0.1) is 6.20 Å². The van der Waals surface area contributed by atoms with Crippen LogP contribution in [0.25, 0.3) is 10.8 Å². The third-order valence-electron chi connectivity index (χ3n) is 1.88. The van der Waals surface area contributed by atoms with Gasteiger partial charge >= 0.3 is 0 Å². The van der Waals surface area contributed by atoms with Gasteiger partial charge in [0.25, 0.3) is 0 Å². The van der Waals surface area contributed by atoms with E-state index < -0.39 is 16.9 Å². The van der Waals surface area contributed by atoms with Crippen LogP contribution in [0.1, 0.15) is 0 Å². The predicted molar refractivity (Wildman–Crippen MR) is 48.9 cm³/mol. The summed E-state index contributed by atoms with van der Waals surface area (Å²) in [7, 11) is 0. The topological polar surface area (TPSA) is 53.0 Å². The molecule has 1 unspecified atom stereocenters. The smallest absolute Gasteiger partial charge is 0.150 e. The molecule has 14 heavy (non-hydrogen) atoms. The van der Waals surface area contributed by atoms with Crippen LogP contribution in [0.5, 0.6) is 0 Å². The van der Waals surface area contributed by atoms with Crippen molar-refractivity contribution in [3.05, 3.63) is 36.4 Å². The molecule has 0 aliphatic carbocycles. The predicted octanol–water partition coefficient (Wildman–Crippen LogP) is 1.61. The molecule has 0 spiro atoms. The molecule has 0 saturated heterocycles. The largest absolute Gasteiger partial charge is 0.768 e. The van der Waals surface area contributed by atoms with Crippen LogP contribution in [0, 0.1) is 5.82 Å². The lowest BCUT2D eigenvalue weighted by molar-refractivity contribution is 0.537. The molecule has 72 valence electrons. The van der Waals surface area contributed by atoms with Crippen molar-refractivity contribution in [1.29, 1.82) is 0 Å². The standard InChI is InChI=1S/C9H6FNO2S/c10-7-5-11-4-6-2-1-3-8(9(6)7)14(12)13/h1-5H,(H,12,13)/p-1. The summed E-state index contributed by atoms with van der Waals surface area (Å²) < 4.78 is 34.8. The van der Waals surface area contributed by atoms with Crippen molar-refractivity contribution in [1.82, 2.24) is 4.98 Å². The van der Waals surface area contributed by atoms with E-state index in [9.17, 15) is 13.2 Å². The Balaban J connectivity index is 2.91. The molecule has 0 saturated carbocycles. The van der Waals surface area contributed by atoms with Gasteiger partial charge in [0, 0.05) is 21.9 Å². The number of rotatable bonds is 1. The van der Waals surface area contributed by atoms with Gasteiger partial charge < -0.3 is 4.55 Å². The summed E-state index contributed by atoms with van der Waals surface area (Å²) in [5.41, 5.74) is 0. The third kappa shape index (κ3) is 1.40. The summed E-state index contributed by atoms with van der Waals surface area (Å²) in [5.74, 6) is -0.623. The summed E-state index contributed by atoms with van der Waals surface area (Å²) in [6, 6.07) is 4.52. The number of pyridine rings is 1. The molecule has 0 aliphatic heterocycles. The SMILES string of the molecule is O=S([O-])c1cccc2cncc(F)c12. The second-order valence-corrected chi connectivity index (χ2v) is 3.62. The molecule has 5 heteroatoms. The third-order valence-corrected chi connectivity index (χ3v) is 2.58. The van der Waals surface area contributed by atoms with Crippen LogP contribution in [-0.4, -0.2) is 13.7 Å². The molecule has 2 rings (SSSR count). The highest BCUT2D eigenvalue weighted by atomic mass is 32.2. The minimum atomic E-state index is -2.43. The van der Waals surface area contributed by atoms with Crippen LogP contribution in [0.15, 0.2) is 35.5 Å². The molecule has 0 bridgehead atoms. The Morgan fingerprint density at radius 2 is 2.14 bits per heavy atom. The van der Waals surface area contributed by atoms with Crippen LogP contribution >= 0.6 is 0 Å². The lowest BCUT2D eigenvalue weighted by Crippen LogP contribution is -1.93. The van der Waals surface area contributed by atoms with E-state index in [1.807, 2.05) is 0 Å². The fourth-order valence-corrected chi connectivity index (χ4v) is 1.87. The molecule has 1 heterocycles. The van der Waals surface area contributed by atoms with E-state index in [-0.39, 0.29) is 10.3 Å². The fraction of sp³-hybridized carbons (Fsp3) is 0. The molecule has 2 aromatic rings. The maximum Gasteiger partial charge on any atom is 0.150 e. The normalized spacial score (nSPS) is 13.0. The first-order chi connectivity index (χ1) is 6.70. The highest BCUT2D eigenvalue weighted by Gasteiger charge is 2.06. The number of fused-ring (bicyclic) bond motifs is 1. The quantitative estimate of drug-likeness (QED) is 0.672. The molecular weight excluding hydrogens is 205 g/mol. The number of hydrogen-bond donors (Lipinski definition) is 0. The van der Waals surface area contributed by atoms with Gasteiger partial charge in [-0.1, -0.05) is 12.1 Å². The Hall–Kier alpha value is -1.33. The number of halogens is 1. The average molecular weight is 210 g/mol. The summed E-state index contributed by atoms with van der Waals surface area (Å²) in [6.07, 6.45) is 2.42. The Kier molecular flexibility index (Phi) is 2.26. The molecule has 3 nitrogen and oxygen atoms in total. The minimum absolute atomic E-state index is 0.0394.